The van der Waals surface area contributed by atoms with Crippen LogP contribution in [0.5, 0.6) is 0 Å². The van der Waals surface area contributed by atoms with Crippen LogP contribution in [0.25, 0.3) is 0 Å². The van der Waals surface area contributed by atoms with Gasteiger partial charge in [0.15, 0.2) is 0 Å². The molecule has 1 spiro atoms. The Morgan fingerprint density at radius 1 is 1.31 bits per heavy atom. The van der Waals surface area contributed by atoms with Gasteiger partial charge < -0.3 is 9.64 Å². The molecule has 26 heavy (non-hydrogen) atoms. The van der Waals surface area contributed by atoms with Gasteiger partial charge in [-0.15, -0.1) is 0 Å². The number of benzene rings is 1. The van der Waals surface area contributed by atoms with Crippen LogP contribution in [0.4, 0.5) is 5.69 Å². The number of amides is 2. The Kier molecular flexibility index (Phi) is 4.41. The number of carbonyl (C=O) groups is 2. The molecule has 0 bridgehead atoms. The number of rotatable bonds is 2. The molecule has 2 amide bonds. The Bertz CT molecular complexity index is 756. The van der Waals surface area contributed by atoms with E-state index in [0.29, 0.717) is 26.1 Å². The first-order valence-electron chi connectivity index (χ1n) is 9.32. The second kappa shape index (κ2) is 6.73. The van der Waals surface area contributed by atoms with E-state index in [2.05, 4.69) is 12.1 Å². The third-order valence-corrected chi connectivity index (χ3v) is 6.02. The quantitative estimate of drug-likeness (QED) is 0.762. The highest BCUT2D eigenvalue weighted by Crippen LogP contribution is 2.47. The number of nitriles is 1. The molecule has 0 radical (unpaired) electrons. The first-order valence-corrected chi connectivity index (χ1v) is 9.32. The molecule has 136 valence electrons. The number of carbonyl (C=O) groups excluding carboxylic acids is 2. The molecule has 3 aliphatic heterocycles. The van der Waals surface area contributed by atoms with Gasteiger partial charge in [0.25, 0.3) is 5.91 Å². The van der Waals surface area contributed by atoms with Crippen LogP contribution < -0.4 is 4.90 Å². The number of ether oxygens (including phenoxy) is 1. The standard InChI is InChI=1S/C20H23N3O3/c21-9-12-23-16-5-2-1-4-15(16)20(14-18(23)24)7-10-22(11-8-20)19(25)17-6-3-13-26-17/h1-2,4-5,17H,3,6-8,10-14H2/t17-/m1/s1. The maximum absolute atomic E-state index is 12.7. The molecule has 0 aromatic heterocycles. The van der Waals surface area contributed by atoms with Crippen LogP contribution in [0.2, 0.25) is 0 Å². The molecular weight excluding hydrogens is 330 g/mol. The van der Waals surface area contributed by atoms with Gasteiger partial charge in [-0.3, -0.25) is 14.5 Å². The lowest BCUT2D eigenvalue weighted by atomic mass is 9.67. The van der Waals surface area contributed by atoms with E-state index in [1.807, 2.05) is 23.1 Å². The fourth-order valence-electron chi connectivity index (χ4n) is 4.59. The van der Waals surface area contributed by atoms with Gasteiger partial charge in [0.1, 0.15) is 12.6 Å². The van der Waals surface area contributed by atoms with Gasteiger partial charge in [0.2, 0.25) is 5.91 Å². The molecule has 6 heteroatoms. The fourth-order valence-corrected chi connectivity index (χ4v) is 4.59. The smallest absolute Gasteiger partial charge is 0.251 e. The van der Waals surface area contributed by atoms with E-state index in [4.69, 9.17) is 10.00 Å². The monoisotopic (exact) mass is 353 g/mol. The van der Waals surface area contributed by atoms with E-state index in [1.54, 1.807) is 4.90 Å². The van der Waals surface area contributed by atoms with Gasteiger partial charge in [-0.25, -0.2) is 0 Å². The summed E-state index contributed by atoms with van der Waals surface area (Å²) in [5, 5.41) is 9.06. The van der Waals surface area contributed by atoms with Crippen LogP contribution >= 0.6 is 0 Å². The molecular formula is C20H23N3O3. The molecule has 1 aromatic carbocycles. The maximum Gasteiger partial charge on any atom is 0.251 e. The Morgan fingerprint density at radius 3 is 2.77 bits per heavy atom. The van der Waals surface area contributed by atoms with Crippen molar-refractivity contribution in [3.05, 3.63) is 29.8 Å². The van der Waals surface area contributed by atoms with E-state index in [0.717, 1.165) is 36.9 Å². The molecule has 6 nitrogen and oxygen atoms in total. The van der Waals surface area contributed by atoms with E-state index >= 15 is 0 Å². The number of hydrogen-bond acceptors (Lipinski definition) is 4. The largest absolute Gasteiger partial charge is 0.368 e. The molecule has 2 saturated heterocycles. The minimum Gasteiger partial charge on any atom is -0.368 e. The van der Waals surface area contributed by atoms with Crippen molar-refractivity contribution in [3.63, 3.8) is 0 Å². The molecule has 3 aliphatic rings. The number of anilines is 1. The molecule has 0 unspecified atom stereocenters. The van der Waals surface area contributed by atoms with Crippen LogP contribution in [0.1, 0.15) is 37.7 Å². The predicted octanol–water partition coefficient (Wildman–Crippen LogP) is 1.99. The highest BCUT2D eigenvalue weighted by atomic mass is 16.5. The Labute approximate surface area is 153 Å². The van der Waals surface area contributed by atoms with Crippen molar-refractivity contribution >= 4 is 17.5 Å². The van der Waals surface area contributed by atoms with Crippen molar-refractivity contribution in [1.82, 2.24) is 4.90 Å². The van der Waals surface area contributed by atoms with E-state index in [9.17, 15) is 9.59 Å². The summed E-state index contributed by atoms with van der Waals surface area (Å²) >= 11 is 0. The van der Waals surface area contributed by atoms with Crippen molar-refractivity contribution in [3.8, 4) is 6.07 Å². The number of para-hydroxylation sites is 1. The van der Waals surface area contributed by atoms with Crippen LogP contribution in [-0.4, -0.2) is 49.1 Å². The van der Waals surface area contributed by atoms with Crippen LogP contribution in [0.15, 0.2) is 24.3 Å². The van der Waals surface area contributed by atoms with Crippen molar-refractivity contribution in [1.29, 1.82) is 5.26 Å². The summed E-state index contributed by atoms with van der Waals surface area (Å²) in [6, 6.07) is 9.99. The summed E-state index contributed by atoms with van der Waals surface area (Å²) in [4.78, 5) is 28.8. The van der Waals surface area contributed by atoms with Crippen molar-refractivity contribution in [2.24, 2.45) is 0 Å². The SMILES string of the molecule is N#CCN1C(=O)CC2(CCN(C(=O)[C@H]3CCCO3)CC2)c2ccccc21. The third-order valence-electron chi connectivity index (χ3n) is 6.02. The summed E-state index contributed by atoms with van der Waals surface area (Å²) < 4.78 is 5.54. The number of hydrogen-bond donors (Lipinski definition) is 0. The number of nitrogens with zero attached hydrogens (tertiary/aromatic N) is 3. The lowest BCUT2D eigenvalue weighted by molar-refractivity contribution is -0.142. The zero-order valence-corrected chi connectivity index (χ0v) is 14.8. The van der Waals surface area contributed by atoms with Crippen molar-refractivity contribution in [2.75, 3.05) is 31.1 Å². The molecule has 3 heterocycles. The lowest BCUT2D eigenvalue weighted by Gasteiger charge is -2.47. The lowest BCUT2D eigenvalue weighted by Crippen LogP contribution is -2.52. The van der Waals surface area contributed by atoms with Gasteiger partial charge in [0.05, 0.1) is 6.07 Å². The van der Waals surface area contributed by atoms with Gasteiger partial charge in [-0.2, -0.15) is 5.26 Å². The van der Waals surface area contributed by atoms with Crippen molar-refractivity contribution in [2.45, 2.75) is 43.6 Å². The molecule has 1 aromatic rings. The van der Waals surface area contributed by atoms with Crippen LogP contribution in [0.3, 0.4) is 0 Å². The highest BCUT2D eigenvalue weighted by molar-refractivity contribution is 5.98. The molecule has 0 N–H and O–H groups in total. The first kappa shape index (κ1) is 17.0. The second-order valence-corrected chi connectivity index (χ2v) is 7.44. The van der Waals surface area contributed by atoms with E-state index in [1.165, 1.54) is 0 Å². The Morgan fingerprint density at radius 2 is 2.08 bits per heavy atom. The highest BCUT2D eigenvalue weighted by Gasteiger charge is 2.46. The van der Waals surface area contributed by atoms with E-state index in [-0.39, 0.29) is 29.9 Å². The summed E-state index contributed by atoms with van der Waals surface area (Å²) in [5.41, 5.74) is 1.76. The molecule has 0 saturated carbocycles. The third kappa shape index (κ3) is 2.77. The van der Waals surface area contributed by atoms with Gasteiger partial charge in [-0.05, 0) is 37.3 Å². The second-order valence-electron chi connectivity index (χ2n) is 7.44. The summed E-state index contributed by atoms with van der Waals surface area (Å²) in [6.07, 6.45) is 3.43. The van der Waals surface area contributed by atoms with Gasteiger partial charge in [-0.1, -0.05) is 18.2 Å². The van der Waals surface area contributed by atoms with Crippen LogP contribution in [-0.2, 0) is 19.7 Å². The average Bonchev–Trinajstić information content (AvgIpc) is 3.20. The predicted molar refractivity (Wildman–Crippen MR) is 95.5 cm³/mol. The van der Waals surface area contributed by atoms with Gasteiger partial charge in [0, 0.05) is 37.2 Å². The fraction of sp³-hybridized carbons (Fsp3) is 0.550. The summed E-state index contributed by atoms with van der Waals surface area (Å²) in [6.45, 7) is 2.05. The molecule has 1 atom stereocenters. The van der Waals surface area contributed by atoms with E-state index < -0.39 is 0 Å². The molecule has 0 aliphatic carbocycles. The van der Waals surface area contributed by atoms with Gasteiger partial charge >= 0.3 is 0 Å². The van der Waals surface area contributed by atoms with Crippen molar-refractivity contribution < 1.29 is 14.3 Å². The number of fused-ring (bicyclic) bond motifs is 2. The minimum absolute atomic E-state index is 0.00385. The molecule has 4 rings (SSSR count). The zero-order chi connectivity index (χ0) is 18.1. The number of likely N-dealkylation sites (tertiary alicyclic amines) is 1. The average molecular weight is 353 g/mol. The minimum atomic E-state index is -0.282. The normalized spacial score (nSPS) is 24.4. The maximum atomic E-state index is 12.7. The summed E-state index contributed by atoms with van der Waals surface area (Å²) in [5.74, 6) is 0.100. The first-order chi connectivity index (χ1) is 12.6. The Balaban J connectivity index is 1.56. The topological polar surface area (TPSA) is 73.6 Å². The van der Waals surface area contributed by atoms with Crippen LogP contribution in [0, 0.1) is 11.3 Å². The molecule has 2 fully saturated rings. The number of piperidine rings is 1. The summed E-state index contributed by atoms with van der Waals surface area (Å²) in [7, 11) is 0. The Hall–Kier alpha value is -2.39. The zero-order valence-electron chi connectivity index (χ0n) is 14.8.